The fourth-order valence-corrected chi connectivity index (χ4v) is 4.09. The maximum atomic E-state index is 13.5. The Morgan fingerprint density at radius 1 is 1.16 bits per heavy atom. The number of aliphatic hydroxyl groups excluding tert-OH is 1. The number of pyridine rings is 1. The molecule has 2 aromatic heterocycles. The number of nitrogens with zero attached hydrogens (tertiary/aromatic N) is 3. The van der Waals surface area contributed by atoms with E-state index in [4.69, 9.17) is 4.74 Å². The van der Waals surface area contributed by atoms with E-state index in [1.54, 1.807) is 20.8 Å². The molecule has 0 saturated carbocycles. The third-order valence-corrected chi connectivity index (χ3v) is 6.52. The molecule has 2 heterocycles. The molecule has 0 radical (unpaired) electrons. The second-order valence-electron chi connectivity index (χ2n) is 9.37. The number of hydrogen-bond donors (Lipinski definition) is 2. The number of aliphatic hydroxyl groups is 1. The van der Waals surface area contributed by atoms with Crippen molar-refractivity contribution in [2.75, 3.05) is 12.9 Å². The first-order chi connectivity index (χ1) is 17.0. The molecule has 3 rings (SSSR count). The van der Waals surface area contributed by atoms with Gasteiger partial charge in [0.05, 0.1) is 23.1 Å². The van der Waals surface area contributed by atoms with Crippen LogP contribution in [0.4, 0.5) is 13.2 Å². The van der Waals surface area contributed by atoms with E-state index in [1.807, 2.05) is 0 Å². The summed E-state index contributed by atoms with van der Waals surface area (Å²) >= 11 is 0. The van der Waals surface area contributed by atoms with Crippen molar-refractivity contribution < 1.29 is 36.2 Å². The monoisotopic (exact) mass is 540 g/mol. The fraction of sp³-hybridized carbons (Fsp3) is 0.375. The van der Waals surface area contributed by atoms with Crippen molar-refractivity contribution in [1.82, 2.24) is 20.1 Å². The van der Waals surface area contributed by atoms with Crippen LogP contribution in [0.1, 0.15) is 54.0 Å². The van der Waals surface area contributed by atoms with Crippen LogP contribution in [-0.2, 0) is 21.6 Å². The number of sulfone groups is 1. The van der Waals surface area contributed by atoms with Crippen molar-refractivity contribution in [1.29, 1.82) is 0 Å². The van der Waals surface area contributed by atoms with Gasteiger partial charge in [0.25, 0.3) is 5.91 Å². The summed E-state index contributed by atoms with van der Waals surface area (Å²) in [4.78, 5) is 17.0. The highest BCUT2D eigenvalue weighted by atomic mass is 32.2. The van der Waals surface area contributed by atoms with Crippen LogP contribution in [0.5, 0.6) is 11.8 Å². The number of rotatable bonds is 7. The standard InChI is InChI=1S/C24H27F3N4O5S/c1-14-19(20(33)29-18(13-32)15-8-10-16(11-9-15)37(5,34)35)30-31(23(2,3)4)22(14)36-21-17(24(25,26)27)7-6-12-28-21/h6-12,18,32H,13H2,1-5H3,(H,29,33). The van der Waals surface area contributed by atoms with Crippen molar-refractivity contribution in [3.63, 3.8) is 0 Å². The molecule has 0 fully saturated rings. The van der Waals surface area contributed by atoms with E-state index in [9.17, 15) is 31.5 Å². The predicted octanol–water partition coefficient (Wildman–Crippen LogP) is 4.02. The lowest BCUT2D eigenvalue weighted by molar-refractivity contribution is -0.138. The summed E-state index contributed by atoms with van der Waals surface area (Å²) in [5.74, 6) is -1.50. The van der Waals surface area contributed by atoms with Crippen molar-refractivity contribution in [2.45, 2.75) is 50.3 Å². The molecule has 0 bridgehead atoms. The SMILES string of the molecule is Cc1c(C(=O)NC(CO)c2ccc(S(C)(=O)=O)cc2)nn(C(C)(C)C)c1Oc1ncccc1C(F)(F)F. The van der Waals surface area contributed by atoms with Gasteiger partial charge in [0.1, 0.15) is 5.56 Å². The van der Waals surface area contributed by atoms with E-state index in [2.05, 4.69) is 15.4 Å². The Kier molecular flexibility index (Phi) is 7.70. The zero-order chi connectivity index (χ0) is 27.8. The minimum atomic E-state index is -4.72. The summed E-state index contributed by atoms with van der Waals surface area (Å²) in [5, 5.41) is 16.8. The minimum absolute atomic E-state index is 0.0774. The average molecular weight is 541 g/mol. The maximum Gasteiger partial charge on any atom is 0.421 e. The van der Waals surface area contributed by atoms with E-state index in [0.717, 1.165) is 24.6 Å². The van der Waals surface area contributed by atoms with Crippen molar-refractivity contribution in [3.05, 3.63) is 65.0 Å². The fourth-order valence-electron chi connectivity index (χ4n) is 3.46. The molecular formula is C24H27F3N4O5S. The van der Waals surface area contributed by atoms with Crippen LogP contribution in [0, 0.1) is 6.92 Å². The second kappa shape index (κ2) is 10.1. The molecule has 2 N–H and O–H groups in total. The summed E-state index contributed by atoms with van der Waals surface area (Å²) in [6.45, 7) is 6.17. The van der Waals surface area contributed by atoms with Crippen LogP contribution in [0.3, 0.4) is 0 Å². The van der Waals surface area contributed by atoms with Gasteiger partial charge in [-0.3, -0.25) is 4.79 Å². The molecule has 0 spiro atoms. The summed E-state index contributed by atoms with van der Waals surface area (Å²) in [6, 6.07) is 6.71. The van der Waals surface area contributed by atoms with Gasteiger partial charge in [-0.15, -0.1) is 0 Å². The van der Waals surface area contributed by atoms with E-state index in [1.165, 1.54) is 35.9 Å². The molecule has 1 atom stereocenters. The van der Waals surface area contributed by atoms with Gasteiger partial charge < -0.3 is 15.2 Å². The molecule has 0 aliphatic rings. The summed E-state index contributed by atoms with van der Waals surface area (Å²) in [7, 11) is -3.43. The van der Waals surface area contributed by atoms with Crippen molar-refractivity contribution in [2.24, 2.45) is 0 Å². The number of carbonyl (C=O) groups is 1. The van der Waals surface area contributed by atoms with Crippen LogP contribution in [-0.4, -0.2) is 47.1 Å². The third-order valence-electron chi connectivity index (χ3n) is 5.39. The molecule has 1 unspecified atom stereocenters. The summed E-state index contributed by atoms with van der Waals surface area (Å²) < 4.78 is 70.8. The number of nitrogens with one attached hydrogen (secondary N) is 1. The van der Waals surface area contributed by atoms with Gasteiger partial charge in [-0.2, -0.15) is 18.3 Å². The lowest BCUT2D eigenvalue weighted by atomic mass is 10.1. The van der Waals surface area contributed by atoms with Crippen LogP contribution in [0.15, 0.2) is 47.5 Å². The second-order valence-corrected chi connectivity index (χ2v) is 11.4. The molecule has 0 aliphatic carbocycles. The first-order valence-corrected chi connectivity index (χ1v) is 12.9. The normalized spacial score (nSPS) is 13.3. The Balaban J connectivity index is 1.98. The summed E-state index contributed by atoms with van der Waals surface area (Å²) in [5.41, 5.74) is -1.39. The van der Waals surface area contributed by atoms with Gasteiger partial charge in [0, 0.05) is 18.0 Å². The van der Waals surface area contributed by atoms with Gasteiger partial charge in [-0.05, 0) is 57.5 Å². The number of aromatic nitrogens is 3. The van der Waals surface area contributed by atoms with Crippen molar-refractivity contribution >= 4 is 15.7 Å². The lowest BCUT2D eigenvalue weighted by Gasteiger charge is -2.22. The van der Waals surface area contributed by atoms with E-state index >= 15 is 0 Å². The molecule has 1 aromatic carbocycles. The molecule has 37 heavy (non-hydrogen) atoms. The maximum absolute atomic E-state index is 13.5. The Hall–Kier alpha value is -3.45. The average Bonchev–Trinajstić information content (AvgIpc) is 3.13. The number of alkyl halides is 3. The van der Waals surface area contributed by atoms with Gasteiger partial charge in [-0.25, -0.2) is 18.1 Å². The lowest BCUT2D eigenvalue weighted by Crippen LogP contribution is -2.32. The molecule has 9 nitrogen and oxygen atoms in total. The molecule has 13 heteroatoms. The van der Waals surface area contributed by atoms with Gasteiger partial charge in [0.15, 0.2) is 15.5 Å². The van der Waals surface area contributed by atoms with Gasteiger partial charge in [-0.1, -0.05) is 12.1 Å². The van der Waals surface area contributed by atoms with E-state index < -0.39 is 51.6 Å². The minimum Gasteiger partial charge on any atom is -0.420 e. The zero-order valence-corrected chi connectivity index (χ0v) is 21.6. The van der Waals surface area contributed by atoms with E-state index in [0.29, 0.717) is 5.56 Å². The molecule has 0 saturated heterocycles. The van der Waals surface area contributed by atoms with Crippen LogP contribution in [0.25, 0.3) is 0 Å². The van der Waals surface area contributed by atoms with Crippen LogP contribution < -0.4 is 10.1 Å². The Morgan fingerprint density at radius 3 is 2.30 bits per heavy atom. The van der Waals surface area contributed by atoms with Crippen LogP contribution >= 0.6 is 0 Å². The molecule has 1 amide bonds. The zero-order valence-electron chi connectivity index (χ0n) is 20.8. The van der Waals surface area contributed by atoms with Crippen LogP contribution in [0.2, 0.25) is 0 Å². The third kappa shape index (κ3) is 6.28. The molecule has 0 aliphatic heterocycles. The number of amides is 1. The van der Waals surface area contributed by atoms with Gasteiger partial charge in [0.2, 0.25) is 11.8 Å². The Labute approximate surface area is 212 Å². The molecule has 3 aromatic rings. The predicted molar refractivity (Wildman–Crippen MR) is 128 cm³/mol. The van der Waals surface area contributed by atoms with E-state index in [-0.39, 0.29) is 22.0 Å². The molecule has 200 valence electrons. The number of carbonyl (C=O) groups excluding carboxylic acids is 1. The number of hydrogen-bond acceptors (Lipinski definition) is 7. The Morgan fingerprint density at radius 2 is 1.78 bits per heavy atom. The Bertz CT molecular complexity index is 1400. The van der Waals surface area contributed by atoms with Crippen molar-refractivity contribution in [3.8, 4) is 11.8 Å². The first-order valence-electron chi connectivity index (χ1n) is 11.1. The van der Waals surface area contributed by atoms with Gasteiger partial charge >= 0.3 is 6.18 Å². The number of ether oxygens (including phenoxy) is 1. The largest absolute Gasteiger partial charge is 0.421 e. The number of benzene rings is 1. The topological polar surface area (TPSA) is 123 Å². The highest BCUT2D eigenvalue weighted by Crippen LogP contribution is 2.38. The quantitative estimate of drug-likeness (QED) is 0.464. The molecular weight excluding hydrogens is 513 g/mol. The highest BCUT2D eigenvalue weighted by Gasteiger charge is 2.37. The smallest absolute Gasteiger partial charge is 0.420 e. The summed E-state index contributed by atoms with van der Waals surface area (Å²) in [6.07, 6.45) is -2.50. The number of halogens is 3. The highest BCUT2D eigenvalue weighted by molar-refractivity contribution is 7.90. The first kappa shape index (κ1) is 28.1.